The number of likely N-dealkylation sites (N-methyl/N-ethyl adjacent to an activating group) is 1. The molecule has 1 amide bonds. The van der Waals surface area contributed by atoms with Gasteiger partial charge in [-0.3, -0.25) is 14.7 Å². The molecule has 140 valence electrons. The number of aromatic nitrogens is 2. The molecule has 1 fully saturated rings. The highest BCUT2D eigenvalue weighted by molar-refractivity contribution is 8.01. The number of amides is 1. The first kappa shape index (κ1) is 19.3. The van der Waals surface area contributed by atoms with Crippen molar-refractivity contribution < 1.29 is 4.79 Å². The van der Waals surface area contributed by atoms with Crippen LogP contribution >= 0.6 is 23.1 Å². The molecule has 2 aromatic heterocycles. The number of hydrogen-bond donors (Lipinski definition) is 0. The Morgan fingerprint density at radius 2 is 2.23 bits per heavy atom. The van der Waals surface area contributed by atoms with Crippen LogP contribution in [0.5, 0.6) is 0 Å². The summed E-state index contributed by atoms with van der Waals surface area (Å²) in [6, 6.07) is 4.57. The third-order valence-electron chi connectivity index (χ3n) is 4.72. The van der Waals surface area contributed by atoms with E-state index in [2.05, 4.69) is 33.9 Å². The van der Waals surface area contributed by atoms with Crippen molar-refractivity contribution in [2.24, 2.45) is 0 Å². The van der Waals surface area contributed by atoms with E-state index in [9.17, 15) is 4.79 Å². The van der Waals surface area contributed by atoms with Crippen molar-refractivity contribution >= 4 is 29.0 Å². The minimum Gasteiger partial charge on any atom is -0.340 e. The van der Waals surface area contributed by atoms with E-state index in [1.807, 2.05) is 29.6 Å². The molecule has 0 N–H and O–H groups in total. The molecule has 0 radical (unpaired) electrons. The van der Waals surface area contributed by atoms with Crippen LogP contribution < -0.4 is 0 Å². The molecule has 1 unspecified atom stereocenters. The SMILES string of the molecule is CCN(Cc1ccncc1)C1CCCN(C(=O)CSc2nc(C)cs2)C1. The lowest BCUT2D eigenvalue weighted by atomic mass is 10.0. The molecule has 2 aromatic rings. The van der Waals surface area contributed by atoms with Crippen LogP contribution in [0.3, 0.4) is 0 Å². The van der Waals surface area contributed by atoms with Crippen LogP contribution in [0.4, 0.5) is 0 Å². The van der Waals surface area contributed by atoms with E-state index in [4.69, 9.17) is 0 Å². The van der Waals surface area contributed by atoms with Crippen molar-refractivity contribution in [1.29, 1.82) is 0 Å². The Morgan fingerprint density at radius 3 is 2.92 bits per heavy atom. The van der Waals surface area contributed by atoms with Gasteiger partial charge in [-0.2, -0.15) is 0 Å². The van der Waals surface area contributed by atoms with Crippen molar-refractivity contribution in [3.8, 4) is 0 Å². The topological polar surface area (TPSA) is 49.3 Å². The molecular formula is C19H26N4OS2. The Morgan fingerprint density at radius 1 is 1.42 bits per heavy atom. The largest absolute Gasteiger partial charge is 0.340 e. The number of carbonyl (C=O) groups is 1. The van der Waals surface area contributed by atoms with Gasteiger partial charge >= 0.3 is 0 Å². The predicted molar refractivity (Wildman–Crippen MR) is 107 cm³/mol. The summed E-state index contributed by atoms with van der Waals surface area (Å²) in [6.45, 7) is 7.79. The molecule has 26 heavy (non-hydrogen) atoms. The third-order valence-corrected chi connectivity index (χ3v) is 6.85. The quantitative estimate of drug-likeness (QED) is 0.678. The molecule has 5 nitrogen and oxygen atoms in total. The average Bonchev–Trinajstić information content (AvgIpc) is 3.10. The van der Waals surface area contributed by atoms with E-state index in [-0.39, 0.29) is 5.91 Å². The van der Waals surface area contributed by atoms with Gasteiger partial charge in [0.05, 0.1) is 5.75 Å². The summed E-state index contributed by atoms with van der Waals surface area (Å²) >= 11 is 3.17. The maximum Gasteiger partial charge on any atom is 0.233 e. The molecule has 3 heterocycles. The highest BCUT2D eigenvalue weighted by atomic mass is 32.2. The number of hydrogen-bond acceptors (Lipinski definition) is 6. The highest BCUT2D eigenvalue weighted by Crippen LogP contribution is 2.24. The van der Waals surface area contributed by atoms with Gasteiger partial charge in [-0.25, -0.2) is 4.98 Å². The Labute approximate surface area is 163 Å². The fraction of sp³-hybridized carbons (Fsp3) is 0.526. The fourth-order valence-corrected chi connectivity index (χ4v) is 5.07. The van der Waals surface area contributed by atoms with Crippen molar-refractivity contribution in [2.45, 2.75) is 43.6 Å². The van der Waals surface area contributed by atoms with E-state index >= 15 is 0 Å². The fourth-order valence-electron chi connectivity index (χ4n) is 3.31. The maximum absolute atomic E-state index is 12.6. The van der Waals surface area contributed by atoms with Gasteiger partial charge < -0.3 is 4.90 Å². The average molecular weight is 391 g/mol. The standard InChI is InChI=1S/C19H26N4OS2/c1-3-22(11-16-6-8-20-9-7-16)17-5-4-10-23(12-17)18(24)14-26-19-21-15(2)13-25-19/h6-9,13,17H,3-5,10-12,14H2,1-2H3. The molecule has 0 bridgehead atoms. The molecule has 0 spiro atoms. The molecule has 1 saturated heterocycles. The molecule has 1 aliphatic heterocycles. The molecule has 1 atom stereocenters. The maximum atomic E-state index is 12.6. The number of thioether (sulfide) groups is 1. The first-order valence-corrected chi connectivity index (χ1v) is 11.0. The highest BCUT2D eigenvalue weighted by Gasteiger charge is 2.27. The predicted octanol–water partition coefficient (Wildman–Crippen LogP) is 3.45. The van der Waals surface area contributed by atoms with E-state index in [0.717, 1.165) is 49.1 Å². The van der Waals surface area contributed by atoms with Crippen LogP contribution in [0, 0.1) is 6.92 Å². The third kappa shape index (κ3) is 5.28. The van der Waals surface area contributed by atoms with Gasteiger partial charge in [-0.15, -0.1) is 11.3 Å². The van der Waals surface area contributed by atoms with Gasteiger partial charge in [0.2, 0.25) is 5.91 Å². The van der Waals surface area contributed by atoms with Gasteiger partial charge in [0.25, 0.3) is 0 Å². The van der Waals surface area contributed by atoms with E-state index in [1.54, 1.807) is 23.1 Å². The summed E-state index contributed by atoms with van der Waals surface area (Å²) in [5, 5.41) is 2.03. The van der Waals surface area contributed by atoms with Crippen molar-refractivity contribution in [3.63, 3.8) is 0 Å². The summed E-state index contributed by atoms with van der Waals surface area (Å²) < 4.78 is 0.984. The second-order valence-electron chi connectivity index (χ2n) is 6.60. The minimum absolute atomic E-state index is 0.229. The van der Waals surface area contributed by atoms with Crippen LogP contribution in [-0.4, -0.2) is 57.1 Å². The number of thiazole rings is 1. The molecule has 0 aliphatic carbocycles. The second kappa shape index (κ2) is 9.48. The molecule has 3 rings (SSSR count). The Bertz CT molecular complexity index is 707. The molecule has 0 saturated carbocycles. The Hall–Kier alpha value is -1.44. The molecule has 1 aliphatic rings. The van der Waals surface area contributed by atoms with Gasteiger partial charge in [0.1, 0.15) is 0 Å². The summed E-state index contributed by atoms with van der Waals surface area (Å²) in [6.07, 6.45) is 5.92. The number of piperidine rings is 1. The summed E-state index contributed by atoms with van der Waals surface area (Å²) in [5.41, 5.74) is 2.30. The van der Waals surface area contributed by atoms with E-state index in [0.29, 0.717) is 11.8 Å². The summed E-state index contributed by atoms with van der Waals surface area (Å²) in [7, 11) is 0. The Kier molecular flexibility index (Phi) is 7.05. The molecular weight excluding hydrogens is 364 g/mol. The first-order chi connectivity index (χ1) is 12.7. The van der Waals surface area contributed by atoms with Gasteiger partial charge in [-0.05, 0) is 44.0 Å². The molecule has 7 heteroatoms. The minimum atomic E-state index is 0.229. The van der Waals surface area contributed by atoms with Gasteiger partial charge in [-0.1, -0.05) is 18.7 Å². The summed E-state index contributed by atoms with van der Waals surface area (Å²) in [5.74, 6) is 0.711. The lowest BCUT2D eigenvalue weighted by Gasteiger charge is -2.39. The number of rotatable bonds is 7. The zero-order valence-electron chi connectivity index (χ0n) is 15.4. The van der Waals surface area contributed by atoms with E-state index in [1.165, 1.54) is 5.56 Å². The van der Waals surface area contributed by atoms with E-state index < -0.39 is 0 Å². The van der Waals surface area contributed by atoms with Crippen LogP contribution in [0.15, 0.2) is 34.2 Å². The zero-order valence-corrected chi connectivity index (χ0v) is 17.1. The van der Waals surface area contributed by atoms with Crippen LogP contribution in [0.25, 0.3) is 0 Å². The molecule has 0 aromatic carbocycles. The zero-order chi connectivity index (χ0) is 18.4. The monoisotopic (exact) mass is 390 g/mol. The number of carbonyl (C=O) groups excluding carboxylic acids is 1. The smallest absolute Gasteiger partial charge is 0.233 e. The van der Waals surface area contributed by atoms with Crippen molar-refractivity contribution in [1.82, 2.24) is 19.8 Å². The number of nitrogens with zero attached hydrogens (tertiary/aromatic N) is 4. The Balaban J connectivity index is 1.54. The lowest BCUT2D eigenvalue weighted by molar-refractivity contribution is -0.130. The van der Waals surface area contributed by atoms with Crippen LogP contribution in [-0.2, 0) is 11.3 Å². The summed E-state index contributed by atoms with van der Waals surface area (Å²) in [4.78, 5) is 25.7. The number of aryl methyl sites for hydroxylation is 1. The second-order valence-corrected chi connectivity index (χ2v) is 8.68. The lowest BCUT2D eigenvalue weighted by Crippen LogP contribution is -2.50. The van der Waals surface area contributed by atoms with Gasteiger partial charge in [0.15, 0.2) is 4.34 Å². The normalized spacial score (nSPS) is 17.7. The number of pyridine rings is 1. The first-order valence-electron chi connectivity index (χ1n) is 9.11. The van der Waals surface area contributed by atoms with Crippen molar-refractivity contribution in [2.75, 3.05) is 25.4 Å². The van der Waals surface area contributed by atoms with Crippen LogP contribution in [0.1, 0.15) is 31.0 Å². The van der Waals surface area contributed by atoms with Crippen molar-refractivity contribution in [3.05, 3.63) is 41.2 Å². The van der Waals surface area contributed by atoms with Crippen LogP contribution in [0.2, 0.25) is 0 Å². The number of likely N-dealkylation sites (tertiary alicyclic amines) is 1. The van der Waals surface area contributed by atoms with Gasteiger partial charge in [0, 0.05) is 49.1 Å².